The van der Waals surface area contributed by atoms with E-state index in [4.69, 9.17) is 5.73 Å². The van der Waals surface area contributed by atoms with E-state index < -0.39 is 0 Å². The number of aryl methyl sites for hydroxylation is 1. The molecule has 0 spiro atoms. The van der Waals surface area contributed by atoms with Crippen molar-refractivity contribution in [2.45, 2.75) is 51.5 Å². The van der Waals surface area contributed by atoms with Crippen LogP contribution < -0.4 is 5.73 Å². The van der Waals surface area contributed by atoms with Crippen molar-refractivity contribution in [2.75, 3.05) is 0 Å². The van der Waals surface area contributed by atoms with Crippen molar-refractivity contribution in [1.82, 2.24) is 0 Å². The summed E-state index contributed by atoms with van der Waals surface area (Å²) in [4.78, 5) is 0. The van der Waals surface area contributed by atoms with Gasteiger partial charge < -0.3 is 5.73 Å². The van der Waals surface area contributed by atoms with E-state index in [1.165, 1.54) is 36.8 Å². The summed E-state index contributed by atoms with van der Waals surface area (Å²) in [5.74, 6) is 2.75. The van der Waals surface area contributed by atoms with E-state index in [9.17, 15) is 0 Å². The van der Waals surface area contributed by atoms with E-state index in [0.717, 1.165) is 30.6 Å². The predicted octanol–water partition coefficient (Wildman–Crippen LogP) is 3.56. The smallest absolute Gasteiger partial charge is 0.0110 e. The summed E-state index contributed by atoms with van der Waals surface area (Å²) in [6, 6.07) is 9.43. The highest BCUT2D eigenvalue weighted by molar-refractivity contribution is 5.23. The third-order valence-corrected chi connectivity index (χ3v) is 5.25. The Bertz CT molecular complexity index is 395. The minimum Gasteiger partial charge on any atom is -0.327 e. The second kappa shape index (κ2) is 5.05. The van der Waals surface area contributed by atoms with E-state index in [1.807, 2.05) is 0 Å². The molecule has 18 heavy (non-hydrogen) atoms. The van der Waals surface area contributed by atoms with Gasteiger partial charge in [-0.25, -0.2) is 0 Å². The van der Waals surface area contributed by atoms with E-state index in [-0.39, 0.29) is 0 Å². The Kier molecular flexibility index (Phi) is 3.43. The molecule has 98 valence electrons. The molecule has 0 heterocycles. The second-order valence-corrected chi connectivity index (χ2v) is 6.38. The Hall–Kier alpha value is -0.820. The first kappa shape index (κ1) is 12.2. The molecular weight excluding hydrogens is 218 g/mol. The Balaban J connectivity index is 1.61. The average Bonchev–Trinajstić information content (AvgIpc) is 3.02. The largest absolute Gasteiger partial charge is 0.327 e. The Labute approximate surface area is 111 Å². The molecule has 0 saturated heterocycles. The van der Waals surface area contributed by atoms with Gasteiger partial charge in [-0.05, 0) is 61.0 Å². The number of rotatable bonds is 4. The Morgan fingerprint density at radius 3 is 2.39 bits per heavy atom. The molecule has 1 heteroatoms. The maximum atomic E-state index is 6.47. The van der Waals surface area contributed by atoms with Crippen molar-refractivity contribution in [1.29, 1.82) is 0 Å². The lowest BCUT2D eigenvalue weighted by Gasteiger charge is -2.27. The van der Waals surface area contributed by atoms with Gasteiger partial charge in [0.05, 0.1) is 0 Å². The second-order valence-electron chi connectivity index (χ2n) is 6.38. The number of fused-ring (bicyclic) bond motifs is 2. The minimum atomic E-state index is 0.382. The zero-order valence-electron chi connectivity index (χ0n) is 11.4. The topological polar surface area (TPSA) is 26.0 Å². The van der Waals surface area contributed by atoms with Crippen LogP contribution in [0.1, 0.15) is 43.7 Å². The summed E-state index contributed by atoms with van der Waals surface area (Å²) in [6.07, 6.45) is 7.97. The fourth-order valence-corrected chi connectivity index (χ4v) is 4.15. The van der Waals surface area contributed by atoms with E-state index in [1.54, 1.807) is 0 Å². The van der Waals surface area contributed by atoms with Crippen LogP contribution in [0.15, 0.2) is 24.3 Å². The lowest BCUT2D eigenvalue weighted by atomic mass is 9.81. The molecule has 2 fully saturated rings. The minimum absolute atomic E-state index is 0.382. The zero-order valence-corrected chi connectivity index (χ0v) is 11.4. The Morgan fingerprint density at radius 2 is 1.83 bits per heavy atom. The summed E-state index contributed by atoms with van der Waals surface area (Å²) in [7, 11) is 0. The van der Waals surface area contributed by atoms with Crippen LogP contribution in [-0.4, -0.2) is 6.04 Å². The van der Waals surface area contributed by atoms with Crippen molar-refractivity contribution < 1.29 is 0 Å². The first-order valence-electron chi connectivity index (χ1n) is 7.59. The number of hydrogen-bond donors (Lipinski definition) is 1. The summed E-state index contributed by atoms with van der Waals surface area (Å²) < 4.78 is 0. The predicted molar refractivity (Wildman–Crippen MR) is 76.4 cm³/mol. The van der Waals surface area contributed by atoms with Crippen LogP contribution in [-0.2, 0) is 12.8 Å². The first-order chi connectivity index (χ1) is 8.76. The average molecular weight is 243 g/mol. The van der Waals surface area contributed by atoms with Crippen LogP contribution in [0.2, 0.25) is 0 Å². The van der Waals surface area contributed by atoms with Crippen molar-refractivity contribution in [3.8, 4) is 0 Å². The molecule has 0 amide bonds. The summed E-state index contributed by atoms with van der Waals surface area (Å²) in [5.41, 5.74) is 9.31. The third-order valence-electron chi connectivity index (χ3n) is 5.25. The summed E-state index contributed by atoms with van der Waals surface area (Å²) >= 11 is 0. The molecule has 2 saturated carbocycles. The molecule has 0 aromatic heterocycles. The van der Waals surface area contributed by atoms with Crippen LogP contribution in [0.3, 0.4) is 0 Å². The van der Waals surface area contributed by atoms with Crippen molar-refractivity contribution >= 4 is 0 Å². The molecule has 2 bridgehead atoms. The SMILES string of the molecule is CCc1ccc(CC(N)C2CC3CCC2C3)cc1. The molecule has 1 nitrogen and oxygen atoms in total. The number of benzene rings is 1. The van der Waals surface area contributed by atoms with Gasteiger partial charge in [0.1, 0.15) is 0 Å². The molecule has 1 aromatic rings. The normalized spacial score (nSPS) is 31.8. The number of nitrogens with two attached hydrogens (primary N) is 1. The highest BCUT2D eigenvalue weighted by Crippen LogP contribution is 2.49. The summed E-state index contributed by atoms with van der Waals surface area (Å²) in [6.45, 7) is 2.20. The lowest BCUT2D eigenvalue weighted by Crippen LogP contribution is -2.35. The highest BCUT2D eigenvalue weighted by atomic mass is 14.7. The molecule has 4 atom stereocenters. The van der Waals surface area contributed by atoms with E-state index in [0.29, 0.717) is 6.04 Å². The van der Waals surface area contributed by atoms with Gasteiger partial charge in [-0.15, -0.1) is 0 Å². The van der Waals surface area contributed by atoms with Crippen LogP contribution in [0.5, 0.6) is 0 Å². The van der Waals surface area contributed by atoms with Crippen LogP contribution in [0.25, 0.3) is 0 Å². The van der Waals surface area contributed by atoms with Crippen LogP contribution in [0.4, 0.5) is 0 Å². The standard InChI is InChI=1S/C17H25N/c1-2-12-3-5-13(6-4-12)11-17(18)16-10-14-7-8-15(16)9-14/h3-6,14-17H,2,7-11,18H2,1H3. The Morgan fingerprint density at radius 1 is 1.11 bits per heavy atom. The monoisotopic (exact) mass is 243 g/mol. The fourth-order valence-electron chi connectivity index (χ4n) is 4.15. The van der Waals surface area contributed by atoms with Crippen molar-refractivity contribution in [2.24, 2.45) is 23.5 Å². The molecule has 2 N–H and O–H groups in total. The quantitative estimate of drug-likeness (QED) is 0.860. The van der Waals surface area contributed by atoms with Crippen LogP contribution in [0, 0.1) is 17.8 Å². The van der Waals surface area contributed by atoms with Gasteiger partial charge in [-0.2, -0.15) is 0 Å². The van der Waals surface area contributed by atoms with Gasteiger partial charge in [0.15, 0.2) is 0 Å². The fraction of sp³-hybridized carbons (Fsp3) is 0.647. The van der Waals surface area contributed by atoms with Gasteiger partial charge in [-0.3, -0.25) is 0 Å². The van der Waals surface area contributed by atoms with E-state index >= 15 is 0 Å². The molecule has 1 aromatic carbocycles. The van der Waals surface area contributed by atoms with Gasteiger partial charge in [0.2, 0.25) is 0 Å². The van der Waals surface area contributed by atoms with E-state index in [2.05, 4.69) is 31.2 Å². The maximum absolute atomic E-state index is 6.47. The molecule has 4 unspecified atom stereocenters. The van der Waals surface area contributed by atoms with Gasteiger partial charge in [0, 0.05) is 6.04 Å². The van der Waals surface area contributed by atoms with Gasteiger partial charge in [0.25, 0.3) is 0 Å². The molecule has 0 radical (unpaired) electrons. The van der Waals surface area contributed by atoms with Crippen molar-refractivity contribution in [3.63, 3.8) is 0 Å². The third kappa shape index (κ3) is 2.33. The molecular formula is C17H25N. The van der Waals surface area contributed by atoms with Crippen molar-refractivity contribution in [3.05, 3.63) is 35.4 Å². The first-order valence-corrected chi connectivity index (χ1v) is 7.59. The van der Waals surface area contributed by atoms with Gasteiger partial charge >= 0.3 is 0 Å². The zero-order chi connectivity index (χ0) is 12.5. The molecule has 3 rings (SSSR count). The summed E-state index contributed by atoms with van der Waals surface area (Å²) in [5, 5.41) is 0. The molecule has 0 aliphatic heterocycles. The van der Waals surface area contributed by atoms with Crippen LogP contribution >= 0.6 is 0 Å². The highest BCUT2D eigenvalue weighted by Gasteiger charge is 2.41. The maximum Gasteiger partial charge on any atom is 0.0110 e. The van der Waals surface area contributed by atoms with Gasteiger partial charge in [-0.1, -0.05) is 37.6 Å². The molecule has 2 aliphatic carbocycles. The molecule has 2 aliphatic rings. The number of hydrogen-bond acceptors (Lipinski definition) is 1. The lowest BCUT2D eigenvalue weighted by molar-refractivity contribution is 0.280.